The van der Waals surface area contributed by atoms with E-state index in [4.69, 9.17) is 14.6 Å². The Morgan fingerprint density at radius 1 is 0.447 bits per heavy atom. The van der Waals surface area contributed by atoms with E-state index in [1.54, 1.807) is 0 Å². The molecule has 8 aliphatic heterocycles. The van der Waals surface area contributed by atoms with E-state index in [0.717, 1.165) is 73.9 Å². The van der Waals surface area contributed by atoms with Crippen LogP contribution in [0.5, 0.6) is 0 Å². The predicted octanol–water partition coefficient (Wildman–Crippen LogP) is 8.31. The number of likely N-dealkylation sites (tertiary alicyclic amines) is 3. The number of amides is 4. The number of carbonyl (C=O) groups is 3. The number of benzene rings is 3. The minimum absolute atomic E-state index is 0.00343. The van der Waals surface area contributed by atoms with Crippen molar-refractivity contribution in [2.75, 3.05) is 165 Å². The van der Waals surface area contributed by atoms with Crippen LogP contribution in [0.4, 0.5) is 42.8 Å². The lowest BCUT2D eigenvalue weighted by Crippen LogP contribution is -2.42. The summed E-state index contributed by atoms with van der Waals surface area (Å²) < 4.78 is 58.9. The number of nitrogens with zero attached hydrogens (tertiary/aromatic N) is 8. The number of hydrogen-bond acceptors (Lipinski definition) is 15. The van der Waals surface area contributed by atoms with Crippen molar-refractivity contribution in [3.63, 3.8) is 0 Å². The molecule has 0 saturated carbocycles. The van der Waals surface area contributed by atoms with Crippen molar-refractivity contribution in [1.29, 1.82) is 0 Å². The van der Waals surface area contributed by atoms with Crippen LogP contribution in [0.1, 0.15) is 83.1 Å². The van der Waals surface area contributed by atoms with Gasteiger partial charge in [0.05, 0.1) is 29.6 Å². The zero-order valence-electron chi connectivity index (χ0n) is 52.4. The molecule has 0 bridgehead atoms. The number of ether oxygens (including phenoxy) is 2. The Labute approximate surface area is 514 Å². The molecule has 0 radical (unpaired) electrons. The largest absolute Gasteiger partial charge is 0.444 e. The fourth-order valence-corrected chi connectivity index (χ4v) is 16.9. The van der Waals surface area contributed by atoms with Crippen molar-refractivity contribution in [3.05, 3.63) is 77.3 Å². The monoisotopic (exact) mass is 1280 g/mol. The van der Waals surface area contributed by atoms with Crippen molar-refractivity contribution in [1.82, 2.24) is 20.0 Å². The topological polar surface area (TPSA) is 196 Å². The zero-order valence-corrected chi connectivity index (χ0v) is 55.6. The van der Waals surface area contributed by atoms with Crippen LogP contribution < -0.4 is 29.8 Å². The number of hydrogen-bond donors (Lipinski definition) is 2. The van der Waals surface area contributed by atoms with E-state index in [1.165, 1.54) is 11.4 Å². The maximum atomic E-state index is 12.6. The molecule has 8 aliphatic rings. The van der Waals surface area contributed by atoms with Crippen LogP contribution in [0.15, 0.2) is 77.3 Å². The molecular formula is C63H94BrN9O10S2. The van der Waals surface area contributed by atoms with Gasteiger partial charge in [-0.1, -0.05) is 57.5 Å². The number of nitrogens with one attached hydrogen (secondary N) is 1. The summed E-state index contributed by atoms with van der Waals surface area (Å²) in [7, 11) is -5.75. The molecule has 0 aromatic heterocycles. The molecular weight excluding hydrogens is 1190 g/mol. The van der Waals surface area contributed by atoms with Crippen LogP contribution in [0.3, 0.4) is 0 Å². The third kappa shape index (κ3) is 14.1. The van der Waals surface area contributed by atoms with Gasteiger partial charge in [-0.25, -0.2) is 31.2 Å². The lowest BCUT2D eigenvalue weighted by atomic mass is 9.71. The number of fused-ring (bicyclic) bond motifs is 3. The Hall–Kier alpha value is -5.19. The van der Waals surface area contributed by atoms with E-state index in [-0.39, 0.29) is 86.9 Å². The summed E-state index contributed by atoms with van der Waals surface area (Å²) in [6, 6.07) is 25.3. The lowest BCUT2D eigenvalue weighted by molar-refractivity contribution is 0.0259. The molecule has 2 N–H and O–H groups in total. The predicted molar refractivity (Wildman–Crippen MR) is 342 cm³/mol. The van der Waals surface area contributed by atoms with Crippen LogP contribution in [0, 0.1) is 32.5 Å². The second-order valence-corrected chi connectivity index (χ2v) is 34.7. The molecule has 8 saturated heterocycles. The summed E-state index contributed by atoms with van der Waals surface area (Å²) in [6.45, 7) is 37.4. The van der Waals surface area contributed by atoms with Crippen LogP contribution >= 0.6 is 15.9 Å². The maximum absolute atomic E-state index is 12.6. The fraction of sp³-hybridized carbons (Fsp3) is 0.667. The van der Waals surface area contributed by atoms with Gasteiger partial charge in [0.2, 0.25) is 0 Å². The SMILES string of the molecule is CC(C)(C)OC(=O)N1C[C@@]2(C)CN(c3ccc(Br)cc3)C[C@@]2(C)C1.CC(C)(C)OC(=O)N1C[C@@]2(C)CN(c3ccc(N4CCS(=O)(=O)CC4)cc3)C[C@@]2(C)C1.C[C@@]12CN(C(=O)NCCO)C[C@]1(C)CN(c1ccc(N3CCS(=O)(=O)CC3)cc1)C2. The van der Waals surface area contributed by atoms with Crippen molar-refractivity contribution in [2.24, 2.45) is 32.5 Å². The van der Waals surface area contributed by atoms with Gasteiger partial charge >= 0.3 is 18.2 Å². The third-order valence-electron chi connectivity index (χ3n) is 19.9. The molecule has 22 heteroatoms. The highest BCUT2D eigenvalue weighted by Crippen LogP contribution is 2.55. The van der Waals surface area contributed by atoms with Gasteiger partial charge in [-0.05, 0) is 114 Å². The second-order valence-electron chi connectivity index (χ2n) is 29.2. The molecule has 11 rings (SSSR count). The molecule has 8 heterocycles. The van der Waals surface area contributed by atoms with Gasteiger partial charge in [-0.3, -0.25) is 0 Å². The Morgan fingerprint density at radius 2 is 0.694 bits per heavy atom. The minimum Gasteiger partial charge on any atom is -0.444 e. The summed E-state index contributed by atoms with van der Waals surface area (Å²) in [4.78, 5) is 54.6. The van der Waals surface area contributed by atoms with Crippen molar-refractivity contribution >= 4 is 82.3 Å². The number of aliphatic hydroxyl groups is 1. The number of carbonyl (C=O) groups excluding carboxylic acids is 3. The Kier molecular flexibility index (Phi) is 17.7. The molecule has 6 atom stereocenters. The van der Waals surface area contributed by atoms with Gasteiger partial charge in [0.1, 0.15) is 11.2 Å². The maximum Gasteiger partial charge on any atom is 0.410 e. The molecule has 8 fully saturated rings. The van der Waals surface area contributed by atoms with E-state index in [1.807, 2.05) is 56.2 Å². The molecule has 3 aromatic carbocycles. The molecule has 0 aliphatic carbocycles. The average molecular weight is 1280 g/mol. The first kappa shape index (κ1) is 64.3. The van der Waals surface area contributed by atoms with Gasteiger partial charge in [-0.15, -0.1) is 0 Å². The highest BCUT2D eigenvalue weighted by molar-refractivity contribution is 9.10. The number of rotatable bonds is 7. The van der Waals surface area contributed by atoms with Crippen LogP contribution in [-0.2, 0) is 29.1 Å². The Balaban J connectivity index is 0.000000154. The minimum atomic E-state index is -2.88. The highest BCUT2D eigenvalue weighted by Gasteiger charge is 2.61. The number of sulfone groups is 2. The van der Waals surface area contributed by atoms with Crippen molar-refractivity contribution in [3.8, 4) is 0 Å². The lowest BCUT2D eigenvalue weighted by Gasteiger charge is -2.30. The Morgan fingerprint density at radius 3 is 0.953 bits per heavy atom. The van der Waals surface area contributed by atoms with Crippen LogP contribution in [-0.4, -0.2) is 207 Å². The quantitative estimate of drug-likeness (QED) is 0.229. The molecule has 0 spiro atoms. The normalized spacial score (nSPS) is 30.2. The molecule has 19 nitrogen and oxygen atoms in total. The smallest absolute Gasteiger partial charge is 0.410 e. The number of urea groups is 1. The molecule has 4 amide bonds. The third-order valence-corrected chi connectivity index (χ3v) is 23.6. The van der Waals surface area contributed by atoms with E-state index in [2.05, 4.69) is 160 Å². The summed E-state index contributed by atoms with van der Waals surface area (Å²) in [6.07, 6.45) is -0.404. The number of anilines is 5. The average Bonchev–Trinajstić information content (AvgIpc) is 1.79. The van der Waals surface area contributed by atoms with Gasteiger partial charge in [0.15, 0.2) is 19.7 Å². The van der Waals surface area contributed by atoms with E-state index < -0.39 is 30.9 Å². The van der Waals surface area contributed by atoms with Crippen LogP contribution in [0.25, 0.3) is 0 Å². The molecule has 3 aromatic rings. The van der Waals surface area contributed by atoms with Gasteiger partial charge in [-0.2, -0.15) is 0 Å². The zero-order chi connectivity index (χ0) is 62.0. The van der Waals surface area contributed by atoms with Crippen LogP contribution in [0.2, 0.25) is 0 Å². The standard InChI is InChI=1S/C23H35N3O4S.C21H32N4O4S.C19H27BrN2O2/c1-21(2,3)30-20(27)26-16-22(4)14-25(15-23(22,5)17-26)19-8-6-18(7-9-19)24-10-12-31(28,29)13-11-24;1-20-13-24(14-21(20,2)16-25(15-20)19(27)22-7-10-26)18-5-3-17(4-6-18)23-8-11-30(28,29)12-9-23;1-17(2,3)24-16(23)22-12-18(4)10-21(11-19(18,5)13-22)15-8-6-14(20)7-9-15/h6-9H,10-17H2,1-5H3;3-6,26H,7-16H2,1-2H3,(H,22,27);6-9H,10-13H2,1-5H3/t22-,23+;20-,21+;18-,19+. The van der Waals surface area contributed by atoms with Gasteiger partial charge < -0.3 is 59.1 Å². The summed E-state index contributed by atoms with van der Waals surface area (Å²) in [5, 5.41) is 11.7. The van der Waals surface area contributed by atoms with E-state index >= 15 is 0 Å². The summed E-state index contributed by atoms with van der Waals surface area (Å²) >= 11 is 3.49. The highest BCUT2D eigenvalue weighted by atomic mass is 79.9. The molecule has 470 valence electrons. The number of aliphatic hydroxyl groups excluding tert-OH is 1. The fourth-order valence-electron chi connectivity index (χ4n) is 14.2. The van der Waals surface area contributed by atoms with Gasteiger partial charge in [0.25, 0.3) is 0 Å². The molecule has 85 heavy (non-hydrogen) atoms. The van der Waals surface area contributed by atoms with E-state index in [9.17, 15) is 31.2 Å². The first-order valence-electron chi connectivity index (χ1n) is 30.2. The molecule has 0 unspecified atom stereocenters. The first-order valence-corrected chi connectivity index (χ1v) is 34.6. The number of halogens is 1. The first-order chi connectivity index (χ1) is 39.5. The Bertz CT molecular complexity index is 3080. The summed E-state index contributed by atoms with van der Waals surface area (Å²) in [5.41, 5.74) is 4.98. The van der Waals surface area contributed by atoms with E-state index in [0.29, 0.717) is 52.4 Å². The van der Waals surface area contributed by atoms with Crippen molar-refractivity contribution in [2.45, 2.75) is 94.3 Å². The summed E-state index contributed by atoms with van der Waals surface area (Å²) in [5.74, 6) is 0.900. The van der Waals surface area contributed by atoms with Crippen molar-refractivity contribution < 1.29 is 45.8 Å². The second kappa shape index (κ2) is 23.4. The van der Waals surface area contributed by atoms with Gasteiger partial charge in [0, 0.05) is 177 Å².